The highest BCUT2D eigenvalue weighted by molar-refractivity contribution is 4.82. The fourth-order valence-corrected chi connectivity index (χ4v) is 4.47. The van der Waals surface area contributed by atoms with Crippen LogP contribution in [0, 0.1) is 23.7 Å². The summed E-state index contributed by atoms with van der Waals surface area (Å²) in [5, 5.41) is 0. The zero-order chi connectivity index (χ0) is 14.2. The smallest absolute Gasteiger partial charge is 0.0464 e. The average molecular weight is 282 g/mol. The van der Waals surface area contributed by atoms with E-state index in [0.717, 1.165) is 36.9 Å². The van der Waals surface area contributed by atoms with Crippen LogP contribution in [0.25, 0.3) is 0 Å². The lowest BCUT2D eigenvalue weighted by molar-refractivity contribution is 0.111. The molecule has 2 aliphatic carbocycles. The molecule has 2 saturated carbocycles. The van der Waals surface area contributed by atoms with E-state index in [0.29, 0.717) is 0 Å². The number of ether oxygens (including phenoxy) is 2. The SMILES string of the molecule is COCCC1CCC(C2CCC(CCOC)CC2)CC1. The van der Waals surface area contributed by atoms with Gasteiger partial charge in [0, 0.05) is 27.4 Å². The van der Waals surface area contributed by atoms with E-state index in [9.17, 15) is 0 Å². The summed E-state index contributed by atoms with van der Waals surface area (Å²) in [6, 6.07) is 0. The lowest BCUT2D eigenvalue weighted by Gasteiger charge is -2.38. The Kier molecular flexibility index (Phi) is 7.37. The van der Waals surface area contributed by atoms with E-state index in [1.54, 1.807) is 0 Å². The van der Waals surface area contributed by atoms with Crippen LogP contribution in [-0.4, -0.2) is 27.4 Å². The second-order valence-electron chi connectivity index (χ2n) is 7.12. The molecule has 0 saturated heterocycles. The first-order chi connectivity index (χ1) is 9.83. The summed E-state index contributed by atoms with van der Waals surface area (Å²) in [6.07, 6.45) is 14.3. The number of methoxy groups -OCH3 is 2. The Morgan fingerprint density at radius 3 is 1.25 bits per heavy atom. The third-order valence-corrected chi connectivity index (χ3v) is 5.91. The summed E-state index contributed by atoms with van der Waals surface area (Å²) in [5.41, 5.74) is 0. The molecule has 0 N–H and O–H groups in total. The van der Waals surface area contributed by atoms with E-state index >= 15 is 0 Å². The highest BCUT2D eigenvalue weighted by atomic mass is 16.5. The van der Waals surface area contributed by atoms with Crippen LogP contribution in [0.1, 0.15) is 64.2 Å². The van der Waals surface area contributed by atoms with Crippen molar-refractivity contribution in [2.24, 2.45) is 23.7 Å². The van der Waals surface area contributed by atoms with Crippen LogP contribution < -0.4 is 0 Å². The predicted molar refractivity (Wildman–Crippen MR) is 83.9 cm³/mol. The molecule has 0 aromatic carbocycles. The van der Waals surface area contributed by atoms with Gasteiger partial charge in [-0.25, -0.2) is 0 Å². The Balaban J connectivity index is 1.63. The van der Waals surface area contributed by atoms with Crippen LogP contribution in [0.2, 0.25) is 0 Å². The van der Waals surface area contributed by atoms with Crippen LogP contribution in [-0.2, 0) is 9.47 Å². The first-order valence-corrected chi connectivity index (χ1v) is 8.81. The maximum Gasteiger partial charge on any atom is 0.0464 e. The molecule has 0 aromatic heterocycles. The lowest BCUT2D eigenvalue weighted by Crippen LogP contribution is -2.26. The maximum absolute atomic E-state index is 5.22. The minimum atomic E-state index is 0.948. The van der Waals surface area contributed by atoms with Gasteiger partial charge >= 0.3 is 0 Å². The molecule has 2 nitrogen and oxygen atoms in total. The van der Waals surface area contributed by atoms with Gasteiger partial charge in [0.05, 0.1) is 0 Å². The van der Waals surface area contributed by atoms with Crippen molar-refractivity contribution in [2.45, 2.75) is 64.2 Å². The highest BCUT2D eigenvalue weighted by Gasteiger charge is 2.30. The molecule has 118 valence electrons. The first kappa shape index (κ1) is 16.3. The molecule has 0 radical (unpaired) electrons. The van der Waals surface area contributed by atoms with E-state index < -0.39 is 0 Å². The van der Waals surface area contributed by atoms with Gasteiger partial charge in [-0.3, -0.25) is 0 Å². The topological polar surface area (TPSA) is 18.5 Å². The van der Waals surface area contributed by atoms with Crippen LogP contribution in [0.3, 0.4) is 0 Å². The number of hydrogen-bond acceptors (Lipinski definition) is 2. The Labute approximate surface area is 125 Å². The van der Waals surface area contributed by atoms with Gasteiger partial charge in [-0.1, -0.05) is 25.7 Å². The summed E-state index contributed by atoms with van der Waals surface area (Å²) < 4.78 is 10.4. The molecule has 2 rings (SSSR count). The molecule has 2 aliphatic rings. The fourth-order valence-electron chi connectivity index (χ4n) is 4.47. The van der Waals surface area contributed by atoms with Crippen molar-refractivity contribution in [2.75, 3.05) is 27.4 Å². The second kappa shape index (κ2) is 9.04. The first-order valence-electron chi connectivity index (χ1n) is 8.81. The molecule has 2 fully saturated rings. The average Bonchev–Trinajstić information content (AvgIpc) is 2.52. The minimum absolute atomic E-state index is 0.948. The fraction of sp³-hybridized carbons (Fsp3) is 1.00. The highest BCUT2D eigenvalue weighted by Crippen LogP contribution is 2.42. The van der Waals surface area contributed by atoms with E-state index in [1.165, 1.54) is 64.2 Å². The third kappa shape index (κ3) is 5.04. The van der Waals surface area contributed by atoms with E-state index in [4.69, 9.17) is 9.47 Å². The largest absolute Gasteiger partial charge is 0.385 e. The van der Waals surface area contributed by atoms with Crippen LogP contribution in [0.4, 0.5) is 0 Å². The lowest BCUT2D eigenvalue weighted by atomic mass is 9.68. The van der Waals surface area contributed by atoms with Crippen molar-refractivity contribution >= 4 is 0 Å². The van der Waals surface area contributed by atoms with E-state index in [2.05, 4.69) is 0 Å². The Hall–Kier alpha value is -0.0800. The quantitative estimate of drug-likeness (QED) is 0.675. The molecule has 0 aliphatic heterocycles. The molecule has 0 unspecified atom stereocenters. The van der Waals surface area contributed by atoms with Crippen LogP contribution in [0.15, 0.2) is 0 Å². The summed E-state index contributed by atoms with van der Waals surface area (Å²) in [5.74, 6) is 3.97. The summed E-state index contributed by atoms with van der Waals surface area (Å²) >= 11 is 0. The Morgan fingerprint density at radius 1 is 0.600 bits per heavy atom. The molecular formula is C18H34O2. The Bertz CT molecular complexity index is 212. The molecule has 0 atom stereocenters. The second-order valence-corrected chi connectivity index (χ2v) is 7.12. The van der Waals surface area contributed by atoms with Crippen molar-refractivity contribution in [1.29, 1.82) is 0 Å². The van der Waals surface area contributed by atoms with Crippen molar-refractivity contribution in [3.05, 3.63) is 0 Å². The van der Waals surface area contributed by atoms with Crippen molar-refractivity contribution in [3.63, 3.8) is 0 Å². The van der Waals surface area contributed by atoms with Gasteiger partial charge in [0.1, 0.15) is 0 Å². The minimum Gasteiger partial charge on any atom is -0.385 e. The molecule has 0 heterocycles. The van der Waals surface area contributed by atoms with Crippen molar-refractivity contribution in [3.8, 4) is 0 Å². The monoisotopic (exact) mass is 282 g/mol. The predicted octanol–water partition coefficient (Wildman–Crippen LogP) is 4.67. The van der Waals surface area contributed by atoms with Crippen molar-refractivity contribution < 1.29 is 9.47 Å². The van der Waals surface area contributed by atoms with E-state index in [-0.39, 0.29) is 0 Å². The molecule has 0 amide bonds. The standard InChI is InChI=1S/C18H34O2/c1-19-13-11-15-3-7-17(8-4-15)18-9-5-16(6-10-18)12-14-20-2/h15-18H,3-14H2,1-2H3. The molecule has 20 heavy (non-hydrogen) atoms. The van der Waals surface area contributed by atoms with Gasteiger partial charge in [0.2, 0.25) is 0 Å². The normalized spacial score (nSPS) is 35.1. The molecule has 0 spiro atoms. The third-order valence-electron chi connectivity index (χ3n) is 5.91. The van der Waals surface area contributed by atoms with Crippen LogP contribution >= 0.6 is 0 Å². The summed E-state index contributed by atoms with van der Waals surface area (Å²) in [6.45, 7) is 1.92. The van der Waals surface area contributed by atoms with Crippen LogP contribution in [0.5, 0.6) is 0 Å². The molecule has 0 bridgehead atoms. The van der Waals surface area contributed by atoms with Gasteiger partial charge in [0.25, 0.3) is 0 Å². The molecular weight excluding hydrogens is 248 g/mol. The van der Waals surface area contributed by atoms with Gasteiger partial charge in [-0.15, -0.1) is 0 Å². The number of hydrogen-bond donors (Lipinski definition) is 0. The van der Waals surface area contributed by atoms with Gasteiger partial charge in [-0.05, 0) is 62.2 Å². The van der Waals surface area contributed by atoms with E-state index in [1.807, 2.05) is 14.2 Å². The summed E-state index contributed by atoms with van der Waals surface area (Å²) in [4.78, 5) is 0. The molecule has 0 aromatic rings. The zero-order valence-corrected chi connectivity index (χ0v) is 13.6. The summed E-state index contributed by atoms with van der Waals surface area (Å²) in [7, 11) is 3.65. The molecule has 2 heteroatoms. The zero-order valence-electron chi connectivity index (χ0n) is 13.6. The van der Waals surface area contributed by atoms with Crippen molar-refractivity contribution in [1.82, 2.24) is 0 Å². The maximum atomic E-state index is 5.22. The van der Waals surface area contributed by atoms with Gasteiger partial charge < -0.3 is 9.47 Å². The number of rotatable bonds is 7. The van der Waals surface area contributed by atoms with Gasteiger partial charge in [0.15, 0.2) is 0 Å². The van der Waals surface area contributed by atoms with Gasteiger partial charge in [-0.2, -0.15) is 0 Å². The Morgan fingerprint density at radius 2 is 0.950 bits per heavy atom.